The highest BCUT2D eigenvalue weighted by Crippen LogP contribution is 2.42. The van der Waals surface area contributed by atoms with Gasteiger partial charge in [-0.25, -0.2) is 0 Å². The molecule has 0 atom stereocenters. The van der Waals surface area contributed by atoms with Gasteiger partial charge in [-0.3, -0.25) is 4.98 Å². The number of benzene rings is 3. The lowest BCUT2D eigenvalue weighted by Crippen LogP contribution is -1.90. The van der Waals surface area contributed by atoms with Crippen molar-refractivity contribution in [2.45, 2.75) is 39.5 Å². The van der Waals surface area contributed by atoms with Crippen LogP contribution in [0.15, 0.2) is 79.0 Å². The molecule has 0 N–H and O–H groups in total. The maximum Gasteiger partial charge on any atom is 0.0705 e. The molecule has 0 aliphatic heterocycles. The third-order valence-electron chi connectivity index (χ3n) is 6.08. The highest BCUT2D eigenvalue weighted by Gasteiger charge is 2.15. The van der Waals surface area contributed by atoms with Gasteiger partial charge in [-0.05, 0) is 64.4 Å². The van der Waals surface area contributed by atoms with Gasteiger partial charge in [-0.2, -0.15) is 0 Å². The predicted molar refractivity (Wildman–Crippen MR) is 136 cm³/mol. The summed E-state index contributed by atoms with van der Waals surface area (Å²) in [6.45, 7) is 9.04. The minimum atomic E-state index is 0.475. The van der Waals surface area contributed by atoms with Gasteiger partial charge in [0.15, 0.2) is 0 Å². The van der Waals surface area contributed by atoms with E-state index in [-0.39, 0.29) is 0 Å². The lowest BCUT2D eigenvalue weighted by atomic mass is 9.94. The van der Waals surface area contributed by atoms with E-state index in [0.717, 1.165) is 5.69 Å². The normalized spacial score (nSPS) is 11.8. The second-order valence-electron chi connectivity index (χ2n) is 8.91. The van der Waals surface area contributed by atoms with Crippen molar-refractivity contribution in [2.24, 2.45) is 0 Å². The zero-order chi connectivity index (χ0) is 21.5. The van der Waals surface area contributed by atoms with Crippen LogP contribution in [0.25, 0.3) is 42.6 Å². The van der Waals surface area contributed by atoms with Crippen molar-refractivity contribution in [3.8, 4) is 22.4 Å². The molecule has 2 aromatic heterocycles. The summed E-state index contributed by atoms with van der Waals surface area (Å²) in [4.78, 5) is 4.66. The Hall–Kier alpha value is -2.97. The van der Waals surface area contributed by atoms with Crippen LogP contribution >= 0.6 is 11.3 Å². The first-order valence-electron chi connectivity index (χ1n) is 11.0. The molecule has 0 radical (unpaired) electrons. The monoisotopic (exact) mass is 421 g/mol. The largest absolute Gasteiger partial charge is 0.256 e. The molecule has 31 heavy (non-hydrogen) atoms. The molecule has 5 aromatic rings. The van der Waals surface area contributed by atoms with Gasteiger partial charge >= 0.3 is 0 Å². The van der Waals surface area contributed by atoms with E-state index >= 15 is 0 Å². The topological polar surface area (TPSA) is 12.9 Å². The predicted octanol–water partition coefficient (Wildman–Crippen LogP) is 9.03. The fraction of sp³-hybridized carbons (Fsp3) is 0.207. The van der Waals surface area contributed by atoms with Crippen LogP contribution < -0.4 is 0 Å². The van der Waals surface area contributed by atoms with Crippen molar-refractivity contribution in [3.63, 3.8) is 0 Å². The molecule has 154 valence electrons. The van der Waals surface area contributed by atoms with Crippen molar-refractivity contribution >= 4 is 31.5 Å². The van der Waals surface area contributed by atoms with E-state index in [9.17, 15) is 0 Å². The van der Waals surface area contributed by atoms with E-state index in [0.29, 0.717) is 11.8 Å². The minimum Gasteiger partial charge on any atom is -0.256 e. The van der Waals surface area contributed by atoms with Crippen LogP contribution in [0.2, 0.25) is 0 Å². The van der Waals surface area contributed by atoms with Gasteiger partial charge in [-0.1, -0.05) is 70.2 Å². The molecule has 0 fully saturated rings. The summed E-state index contributed by atoms with van der Waals surface area (Å²) in [5, 5.41) is 2.70. The summed E-state index contributed by atoms with van der Waals surface area (Å²) in [5.74, 6) is 0.975. The van der Waals surface area contributed by atoms with Crippen molar-refractivity contribution < 1.29 is 0 Å². The quantitative estimate of drug-likeness (QED) is 0.282. The Labute approximate surface area is 188 Å². The molecule has 0 spiro atoms. The van der Waals surface area contributed by atoms with Gasteiger partial charge in [0.1, 0.15) is 0 Å². The first-order chi connectivity index (χ1) is 15.0. The molecular formula is C29H27NS. The molecule has 0 aliphatic carbocycles. The van der Waals surface area contributed by atoms with E-state index in [2.05, 4.69) is 105 Å². The fourth-order valence-corrected chi connectivity index (χ4v) is 5.64. The summed E-state index contributed by atoms with van der Waals surface area (Å²) < 4.78 is 2.74. The molecule has 0 unspecified atom stereocenters. The van der Waals surface area contributed by atoms with E-state index in [1.54, 1.807) is 0 Å². The third kappa shape index (κ3) is 3.66. The van der Waals surface area contributed by atoms with Crippen molar-refractivity contribution in [1.29, 1.82) is 0 Å². The first kappa shape index (κ1) is 20.0. The van der Waals surface area contributed by atoms with E-state index < -0.39 is 0 Å². The van der Waals surface area contributed by atoms with Crippen LogP contribution in [0, 0.1) is 0 Å². The molecule has 2 heterocycles. The summed E-state index contributed by atoms with van der Waals surface area (Å²) in [5.41, 5.74) is 7.58. The molecule has 0 aliphatic rings. The molecule has 0 saturated carbocycles. The summed E-state index contributed by atoms with van der Waals surface area (Å²) in [7, 11) is 0. The molecular weight excluding hydrogens is 394 g/mol. The van der Waals surface area contributed by atoms with E-state index in [1.165, 1.54) is 48.0 Å². The molecule has 1 nitrogen and oxygen atoms in total. The Morgan fingerprint density at radius 3 is 2.23 bits per heavy atom. The number of pyridine rings is 1. The second kappa shape index (κ2) is 7.94. The summed E-state index contributed by atoms with van der Waals surface area (Å²) in [6.07, 6.45) is 1.93. The first-order valence-corrected chi connectivity index (χ1v) is 11.8. The maximum absolute atomic E-state index is 4.66. The number of thiophene rings is 1. The van der Waals surface area contributed by atoms with Crippen LogP contribution in [0.1, 0.15) is 50.7 Å². The Kier molecular flexibility index (Phi) is 5.11. The third-order valence-corrected chi connectivity index (χ3v) is 7.29. The number of hydrogen-bond donors (Lipinski definition) is 0. The maximum atomic E-state index is 4.66. The number of aromatic nitrogens is 1. The Bertz CT molecular complexity index is 1380. The highest BCUT2D eigenvalue weighted by atomic mass is 32.1. The van der Waals surface area contributed by atoms with Crippen molar-refractivity contribution in [2.75, 3.05) is 0 Å². The van der Waals surface area contributed by atoms with E-state index in [1.807, 2.05) is 17.5 Å². The molecule has 5 rings (SSSR count). The Morgan fingerprint density at radius 2 is 1.48 bits per heavy atom. The number of rotatable bonds is 4. The molecule has 0 amide bonds. The average molecular weight is 422 g/mol. The van der Waals surface area contributed by atoms with Crippen molar-refractivity contribution in [1.82, 2.24) is 4.98 Å². The fourth-order valence-electron chi connectivity index (χ4n) is 4.25. The zero-order valence-corrected chi connectivity index (χ0v) is 19.3. The lowest BCUT2D eigenvalue weighted by molar-refractivity contribution is 0.864. The Morgan fingerprint density at radius 1 is 0.677 bits per heavy atom. The molecule has 0 saturated heterocycles. The second-order valence-corrected chi connectivity index (χ2v) is 9.96. The standard InChI is InChI=1S/C29H27NS/c1-18(2)21-12-13-30-27(16-21)22-10-11-24-26-15-23(20-8-6-5-7-9-20)14-25(19(3)4)29(26)31-28(24)17-22/h5-19H,1-4H3. The van der Waals surface area contributed by atoms with Crippen LogP contribution in [-0.4, -0.2) is 4.98 Å². The summed E-state index contributed by atoms with van der Waals surface area (Å²) >= 11 is 1.91. The van der Waals surface area contributed by atoms with Crippen LogP contribution in [0.3, 0.4) is 0 Å². The van der Waals surface area contributed by atoms with Crippen molar-refractivity contribution in [3.05, 3.63) is 90.1 Å². The van der Waals surface area contributed by atoms with Crippen LogP contribution in [0.5, 0.6) is 0 Å². The Balaban J connectivity index is 1.71. The lowest BCUT2D eigenvalue weighted by Gasteiger charge is -2.11. The van der Waals surface area contributed by atoms with Crippen LogP contribution in [0.4, 0.5) is 0 Å². The SMILES string of the molecule is CC(C)c1ccnc(-c2ccc3c(c2)sc2c(C(C)C)cc(-c4ccccc4)cc23)c1. The van der Waals surface area contributed by atoms with Gasteiger partial charge < -0.3 is 0 Å². The van der Waals surface area contributed by atoms with E-state index in [4.69, 9.17) is 0 Å². The summed E-state index contributed by atoms with van der Waals surface area (Å²) in [6, 6.07) is 26.6. The highest BCUT2D eigenvalue weighted by molar-refractivity contribution is 7.26. The van der Waals surface area contributed by atoms with Gasteiger partial charge in [0.05, 0.1) is 5.69 Å². The minimum absolute atomic E-state index is 0.475. The smallest absolute Gasteiger partial charge is 0.0705 e. The molecule has 2 heteroatoms. The average Bonchev–Trinajstić information content (AvgIpc) is 3.16. The van der Waals surface area contributed by atoms with Gasteiger partial charge in [0, 0.05) is 31.9 Å². The zero-order valence-electron chi connectivity index (χ0n) is 18.5. The number of nitrogens with zero attached hydrogens (tertiary/aromatic N) is 1. The van der Waals surface area contributed by atoms with Gasteiger partial charge in [0.25, 0.3) is 0 Å². The van der Waals surface area contributed by atoms with Crippen LogP contribution in [-0.2, 0) is 0 Å². The molecule has 0 bridgehead atoms. The number of fused-ring (bicyclic) bond motifs is 3. The number of hydrogen-bond acceptors (Lipinski definition) is 2. The molecule has 3 aromatic carbocycles. The van der Waals surface area contributed by atoms with Gasteiger partial charge in [-0.15, -0.1) is 11.3 Å². The van der Waals surface area contributed by atoms with Gasteiger partial charge in [0.2, 0.25) is 0 Å².